The van der Waals surface area contributed by atoms with Crippen molar-refractivity contribution in [2.75, 3.05) is 6.54 Å². The van der Waals surface area contributed by atoms with Crippen molar-refractivity contribution in [2.45, 2.75) is 76.9 Å². The molecule has 1 aromatic heterocycles. The van der Waals surface area contributed by atoms with Crippen molar-refractivity contribution in [3.63, 3.8) is 0 Å². The van der Waals surface area contributed by atoms with Crippen LogP contribution in [0.2, 0.25) is 0 Å². The van der Waals surface area contributed by atoms with Crippen molar-refractivity contribution in [1.29, 1.82) is 0 Å². The van der Waals surface area contributed by atoms with Crippen molar-refractivity contribution < 1.29 is 9.59 Å². The Morgan fingerprint density at radius 3 is 2.71 bits per heavy atom. The van der Waals surface area contributed by atoms with Crippen LogP contribution in [0.3, 0.4) is 0 Å². The smallest absolute Gasteiger partial charge is 0.225 e. The van der Waals surface area contributed by atoms with Gasteiger partial charge in [0, 0.05) is 43.9 Å². The summed E-state index contributed by atoms with van der Waals surface area (Å²) in [6, 6.07) is 2.28. The zero-order chi connectivity index (χ0) is 16.9. The summed E-state index contributed by atoms with van der Waals surface area (Å²) >= 11 is 0. The van der Waals surface area contributed by atoms with Crippen LogP contribution < -0.4 is 5.32 Å². The van der Waals surface area contributed by atoms with Gasteiger partial charge in [-0.1, -0.05) is 25.7 Å². The van der Waals surface area contributed by atoms with E-state index in [1.165, 1.54) is 25.7 Å². The minimum absolute atomic E-state index is 0.00502. The topological polar surface area (TPSA) is 67.2 Å². The number of hydrogen-bond donors (Lipinski definition) is 1. The van der Waals surface area contributed by atoms with Crippen LogP contribution in [0, 0.1) is 6.92 Å². The molecule has 2 fully saturated rings. The summed E-state index contributed by atoms with van der Waals surface area (Å²) in [5, 5.41) is 7.22. The van der Waals surface area contributed by atoms with E-state index in [9.17, 15) is 9.59 Å². The number of aryl methyl sites for hydroxylation is 2. The summed E-state index contributed by atoms with van der Waals surface area (Å²) in [5.74, 6) is 0.209. The molecule has 1 aromatic rings. The molecule has 1 unspecified atom stereocenters. The minimum atomic E-state index is -0.0352. The van der Waals surface area contributed by atoms with Crippen LogP contribution in [0.25, 0.3) is 0 Å². The third-order valence-electron chi connectivity index (χ3n) is 5.27. The highest BCUT2D eigenvalue weighted by atomic mass is 16.2. The Hall–Kier alpha value is -1.85. The van der Waals surface area contributed by atoms with E-state index in [1.807, 2.05) is 22.6 Å². The highest BCUT2D eigenvalue weighted by Crippen LogP contribution is 2.25. The Kier molecular flexibility index (Phi) is 5.53. The van der Waals surface area contributed by atoms with Crippen molar-refractivity contribution in [3.05, 3.63) is 18.0 Å². The summed E-state index contributed by atoms with van der Waals surface area (Å²) in [7, 11) is 0. The van der Waals surface area contributed by atoms with E-state index in [-0.39, 0.29) is 17.9 Å². The van der Waals surface area contributed by atoms with Crippen LogP contribution in [-0.4, -0.2) is 45.1 Å². The lowest BCUT2D eigenvalue weighted by Crippen LogP contribution is -2.40. The molecule has 1 saturated carbocycles. The molecule has 2 aliphatic rings. The van der Waals surface area contributed by atoms with Gasteiger partial charge in [0.05, 0.1) is 6.04 Å². The van der Waals surface area contributed by atoms with Gasteiger partial charge in [0.15, 0.2) is 0 Å². The van der Waals surface area contributed by atoms with Gasteiger partial charge in [-0.15, -0.1) is 0 Å². The van der Waals surface area contributed by atoms with Crippen LogP contribution in [0.4, 0.5) is 0 Å². The Bertz CT molecular complexity index is 575. The van der Waals surface area contributed by atoms with Crippen LogP contribution in [0.15, 0.2) is 12.3 Å². The number of nitrogens with one attached hydrogen (secondary N) is 1. The number of amides is 2. The molecule has 3 rings (SSSR count). The third kappa shape index (κ3) is 4.16. The fraction of sp³-hybridized carbons (Fsp3) is 0.722. The van der Waals surface area contributed by atoms with Gasteiger partial charge in [0.2, 0.25) is 11.8 Å². The Labute approximate surface area is 143 Å². The molecule has 1 aliphatic carbocycles. The molecule has 1 atom stereocenters. The maximum atomic E-state index is 12.3. The average molecular weight is 332 g/mol. The largest absolute Gasteiger partial charge is 0.351 e. The number of carbonyl (C=O) groups excluding carboxylic acids is 2. The van der Waals surface area contributed by atoms with E-state index in [2.05, 4.69) is 10.4 Å². The van der Waals surface area contributed by atoms with Crippen LogP contribution in [-0.2, 0) is 16.1 Å². The maximum Gasteiger partial charge on any atom is 0.225 e. The number of likely N-dealkylation sites (tertiary alicyclic amines) is 1. The average Bonchev–Trinajstić information content (AvgIpc) is 3.01. The van der Waals surface area contributed by atoms with Gasteiger partial charge in [-0.3, -0.25) is 14.3 Å². The fourth-order valence-corrected chi connectivity index (χ4v) is 3.89. The normalized spacial score (nSPS) is 22.6. The summed E-state index contributed by atoms with van der Waals surface area (Å²) in [6.07, 6.45) is 9.82. The van der Waals surface area contributed by atoms with Crippen molar-refractivity contribution in [1.82, 2.24) is 20.0 Å². The highest BCUT2D eigenvalue weighted by Gasteiger charge is 2.34. The number of carbonyl (C=O) groups is 2. The minimum Gasteiger partial charge on any atom is -0.351 e. The quantitative estimate of drug-likeness (QED) is 0.839. The van der Waals surface area contributed by atoms with E-state index in [1.54, 1.807) is 6.20 Å². The van der Waals surface area contributed by atoms with Gasteiger partial charge in [0.1, 0.15) is 0 Å². The molecule has 0 bridgehead atoms. The first-order valence-corrected chi connectivity index (χ1v) is 9.21. The van der Waals surface area contributed by atoms with Gasteiger partial charge in [-0.2, -0.15) is 5.10 Å². The second-order valence-corrected chi connectivity index (χ2v) is 7.11. The monoisotopic (exact) mass is 332 g/mol. The lowest BCUT2D eigenvalue weighted by Gasteiger charge is -2.27. The second kappa shape index (κ2) is 7.81. The number of nitrogens with zero attached hydrogens (tertiary/aromatic N) is 3. The van der Waals surface area contributed by atoms with Gasteiger partial charge in [0.25, 0.3) is 0 Å². The van der Waals surface area contributed by atoms with E-state index in [0.717, 1.165) is 18.5 Å². The molecule has 6 nitrogen and oxygen atoms in total. The van der Waals surface area contributed by atoms with Gasteiger partial charge in [-0.05, 0) is 25.8 Å². The van der Waals surface area contributed by atoms with Crippen LogP contribution in [0.5, 0.6) is 0 Å². The molecular weight excluding hydrogens is 304 g/mol. The molecule has 1 saturated heterocycles. The van der Waals surface area contributed by atoms with E-state index in [0.29, 0.717) is 32.0 Å². The molecular formula is C18H28N4O2. The molecule has 6 heteroatoms. The predicted molar refractivity (Wildman–Crippen MR) is 91.3 cm³/mol. The summed E-state index contributed by atoms with van der Waals surface area (Å²) in [4.78, 5) is 26.5. The Balaban J connectivity index is 1.46. The van der Waals surface area contributed by atoms with E-state index >= 15 is 0 Å². The first-order chi connectivity index (χ1) is 11.6. The van der Waals surface area contributed by atoms with Gasteiger partial charge >= 0.3 is 0 Å². The zero-order valence-corrected chi connectivity index (χ0v) is 14.5. The SMILES string of the molecule is Cc1ccnn1CCC(=O)NC1CC(=O)N(C2CCCCCC2)C1. The zero-order valence-electron chi connectivity index (χ0n) is 14.5. The molecule has 2 amide bonds. The van der Waals surface area contributed by atoms with Gasteiger partial charge < -0.3 is 10.2 Å². The first kappa shape index (κ1) is 17.0. The second-order valence-electron chi connectivity index (χ2n) is 7.11. The third-order valence-corrected chi connectivity index (χ3v) is 5.27. The molecule has 1 N–H and O–H groups in total. The number of hydrogen-bond acceptors (Lipinski definition) is 3. The van der Waals surface area contributed by atoms with Crippen molar-refractivity contribution in [3.8, 4) is 0 Å². The van der Waals surface area contributed by atoms with E-state index < -0.39 is 0 Å². The molecule has 2 heterocycles. The Morgan fingerprint density at radius 2 is 2.04 bits per heavy atom. The summed E-state index contributed by atoms with van der Waals surface area (Å²) in [6.45, 7) is 3.23. The van der Waals surface area contributed by atoms with Crippen molar-refractivity contribution >= 4 is 11.8 Å². The first-order valence-electron chi connectivity index (χ1n) is 9.21. The summed E-state index contributed by atoms with van der Waals surface area (Å²) < 4.78 is 1.83. The lowest BCUT2D eigenvalue weighted by molar-refractivity contribution is -0.129. The number of rotatable bonds is 5. The Morgan fingerprint density at radius 1 is 1.29 bits per heavy atom. The molecule has 0 radical (unpaired) electrons. The van der Waals surface area contributed by atoms with Crippen LogP contribution >= 0.6 is 0 Å². The van der Waals surface area contributed by atoms with E-state index in [4.69, 9.17) is 0 Å². The molecule has 132 valence electrons. The number of aromatic nitrogens is 2. The molecule has 1 aliphatic heterocycles. The molecule has 0 spiro atoms. The molecule has 0 aromatic carbocycles. The highest BCUT2D eigenvalue weighted by molar-refractivity contribution is 5.82. The maximum absolute atomic E-state index is 12.3. The standard InChI is InChI=1S/C18H28N4O2/c1-14-8-10-19-22(14)11-9-17(23)20-15-12-18(24)21(13-15)16-6-4-2-3-5-7-16/h8,10,15-16H,2-7,9,11-13H2,1H3,(H,20,23). The fourth-order valence-electron chi connectivity index (χ4n) is 3.89. The predicted octanol–water partition coefficient (Wildman–Crippen LogP) is 2.02. The lowest BCUT2D eigenvalue weighted by atomic mass is 10.1. The van der Waals surface area contributed by atoms with Crippen molar-refractivity contribution in [2.24, 2.45) is 0 Å². The molecule has 24 heavy (non-hydrogen) atoms. The van der Waals surface area contributed by atoms with Crippen LogP contribution in [0.1, 0.15) is 57.1 Å². The van der Waals surface area contributed by atoms with Gasteiger partial charge in [-0.25, -0.2) is 0 Å². The summed E-state index contributed by atoms with van der Waals surface area (Å²) in [5.41, 5.74) is 1.05.